The van der Waals surface area contributed by atoms with Gasteiger partial charge in [0.25, 0.3) is 0 Å². The van der Waals surface area contributed by atoms with Gasteiger partial charge >= 0.3 is 0 Å². The van der Waals surface area contributed by atoms with Crippen molar-refractivity contribution in [3.8, 4) is 0 Å². The van der Waals surface area contributed by atoms with Gasteiger partial charge < -0.3 is 10.4 Å². The summed E-state index contributed by atoms with van der Waals surface area (Å²) in [5, 5.41) is 11.9. The van der Waals surface area contributed by atoms with Gasteiger partial charge in [-0.3, -0.25) is 4.79 Å². The van der Waals surface area contributed by atoms with Crippen molar-refractivity contribution < 1.29 is 9.90 Å². The van der Waals surface area contributed by atoms with E-state index in [1.165, 1.54) is 0 Å². The molecule has 0 aliphatic carbocycles. The molecule has 3 nitrogen and oxygen atoms in total. The minimum atomic E-state index is -0.269. The first-order valence-electron chi connectivity index (χ1n) is 5.11. The second kappa shape index (κ2) is 5.63. The predicted molar refractivity (Wildman–Crippen MR) is 59.9 cm³/mol. The second-order valence-corrected chi connectivity index (χ2v) is 3.70. The highest BCUT2D eigenvalue weighted by Crippen LogP contribution is 2.03. The summed E-state index contributed by atoms with van der Waals surface area (Å²) < 4.78 is 0. The Kier molecular flexibility index (Phi) is 4.46. The fourth-order valence-electron chi connectivity index (χ4n) is 1.41. The average molecular weight is 207 g/mol. The summed E-state index contributed by atoms with van der Waals surface area (Å²) in [4.78, 5) is 11.9. The minimum absolute atomic E-state index is 0.0341. The minimum Gasteiger partial charge on any atom is -0.395 e. The molecule has 1 rings (SSSR count). The first-order valence-corrected chi connectivity index (χ1v) is 5.11. The quantitative estimate of drug-likeness (QED) is 0.714. The summed E-state index contributed by atoms with van der Waals surface area (Å²) in [5.74, 6) is 0.0518. The molecule has 1 aromatic carbocycles. The van der Waals surface area contributed by atoms with E-state index < -0.39 is 0 Å². The second-order valence-electron chi connectivity index (χ2n) is 3.70. The van der Waals surface area contributed by atoms with E-state index in [2.05, 4.69) is 5.32 Å². The molecule has 0 saturated carbocycles. The highest BCUT2D eigenvalue weighted by atomic mass is 16.3. The first-order chi connectivity index (χ1) is 7.15. The van der Waals surface area contributed by atoms with Crippen LogP contribution in [0, 0.1) is 0 Å². The van der Waals surface area contributed by atoms with Gasteiger partial charge in [0.2, 0.25) is 0 Å². The third-order valence-corrected chi connectivity index (χ3v) is 2.26. The number of aliphatic hydroxyl groups excluding tert-OH is 1. The summed E-state index contributed by atoms with van der Waals surface area (Å²) in [6.07, 6.45) is 0. The van der Waals surface area contributed by atoms with Gasteiger partial charge in [0, 0.05) is 11.6 Å². The molecule has 0 aliphatic heterocycles. The largest absolute Gasteiger partial charge is 0.395 e. The summed E-state index contributed by atoms with van der Waals surface area (Å²) in [6, 6.07) is 8.83. The number of aliphatic hydroxyl groups is 1. The fraction of sp³-hybridized carbons (Fsp3) is 0.417. The Morgan fingerprint density at radius 2 is 1.93 bits per heavy atom. The molecule has 2 unspecified atom stereocenters. The van der Waals surface area contributed by atoms with Crippen LogP contribution in [0.1, 0.15) is 24.2 Å². The number of Topliss-reactive ketones (excluding diaryl/α,β-unsaturated/α-hetero) is 1. The lowest BCUT2D eigenvalue weighted by Crippen LogP contribution is -2.41. The van der Waals surface area contributed by atoms with Crippen molar-refractivity contribution in [3.63, 3.8) is 0 Å². The number of carbonyl (C=O) groups is 1. The zero-order valence-electron chi connectivity index (χ0n) is 9.10. The molecule has 0 saturated heterocycles. The highest BCUT2D eigenvalue weighted by Gasteiger charge is 2.15. The Hall–Kier alpha value is -1.19. The summed E-state index contributed by atoms with van der Waals surface area (Å²) in [6.45, 7) is 3.68. The van der Waals surface area contributed by atoms with Crippen LogP contribution in [0.2, 0.25) is 0 Å². The van der Waals surface area contributed by atoms with Crippen LogP contribution < -0.4 is 5.32 Å². The molecule has 2 N–H and O–H groups in total. The average Bonchev–Trinajstić information content (AvgIpc) is 2.29. The fourth-order valence-corrected chi connectivity index (χ4v) is 1.41. The third-order valence-electron chi connectivity index (χ3n) is 2.26. The lowest BCUT2D eigenvalue weighted by Gasteiger charge is -2.17. The zero-order valence-corrected chi connectivity index (χ0v) is 9.10. The molecule has 1 aromatic rings. The van der Waals surface area contributed by atoms with Crippen molar-refractivity contribution >= 4 is 5.78 Å². The van der Waals surface area contributed by atoms with Crippen molar-refractivity contribution in [1.82, 2.24) is 5.32 Å². The molecular weight excluding hydrogens is 190 g/mol. The molecule has 3 heteroatoms. The van der Waals surface area contributed by atoms with Crippen molar-refractivity contribution in [1.29, 1.82) is 0 Å². The Morgan fingerprint density at radius 3 is 2.47 bits per heavy atom. The molecule has 82 valence electrons. The van der Waals surface area contributed by atoms with Gasteiger partial charge in [-0.15, -0.1) is 0 Å². The van der Waals surface area contributed by atoms with Crippen molar-refractivity contribution in [2.24, 2.45) is 0 Å². The molecule has 15 heavy (non-hydrogen) atoms. The van der Waals surface area contributed by atoms with Crippen LogP contribution in [0.15, 0.2) is 30.3 Å². The van der Waals surface area contributed by atoms with Gasteiger partial charge in [-0.1, -0.05) is 30.3 Å². The van der Waals surface area contributed by atoms with Crippen LogP contribution in [-0.4, -0.2) is 29.6 Å². The smallest absolute Gasteiger partial charge is 0.179 e. The molecule has 0 fully saturated rings. The van der Waals surface area contributed by atoms with Gasteiger partial charge in [0.05, 0.1) is 12.6 Å². The Balaban J connectivity index is 2.61. The standard InChI is InChI=1S/C12H17NO2/c1-9(8-14)13-10(2)12(15)11-6-4-3-5-7-11/h3-7,9-10,13-14H,8H2,1-2H3. The number of hydrogen-bond donors (Lipinski definition) is 2. The molecular formula is C12H17NO2. The van der Waals surface area contributed by atoms with Gasteiger partial charge in [-0.25, -0.2) is 0 Å². The van der Waals surface area contributed by atoms with Crippen molar-refractivity contribution in [2.75, 3.05) is 6.61 Å². The summed E-state index contributed by atoms with van der Waals surface area (Å²) in [7, 11) is 0. The lowest BCUT2D eigenvalue weighted by molar-refractivity contribution is 0.0939. The molecule has 0 bridgehead atoms. The first kappa shape index (κ1) is 11.9. The maximum Gasteiger partial charge on any atom is 0.179 e. The molecule has 0 aliphatic rings. The number of hydrogen-bond acceptors (Lipinski definition) is 3. The number of nitrogens with one attached hydrogen (secondary N) is 1. The van der Waals surface area contributed by atoms with Crippen molar-refractivity contribution in [3.05, 3.63) is 35.9 Å². The van der Waals surface area contributed by atoms with E-state index in [0.29, 0.717) is 5.56 Å². The van der Waals surface area contributed by atoms with Crippen LogP contribution in [0.4, 0.5) is 0 Å². The van der Waals surface area contributed by atoms with Crippen molar-refractivity contribution in [2.45, 2.75) is 25.9 Å². The molecule has 0 radical (unpaired) electrons. The SMILES string of the molecule is CC(CO)NC(C)C(=O)c1ccccc1. The topological polar surface area (TPSA) is 49.3 Å². The Labute approximate surface area is 90.1 Å². The van der Waals surface area contributed by atoms with E-state index in [-0.39, 0.29) is 24.5 Å². The maximum absolute atomic E-state index is 11.9. The highest BCUT2D eigenvalue weighted by molar-refractivity contribution is 5.99. The van der Waals surface area contributed by atoms with E-state index in [1.54, 1.807) is 12.1 Å². The zero-order chi connectivity index (χ0) is 11.3. The predicted octanol–water partition coefficient (Wildman–Crippen LogP) is 1.23. The Morgan fingerprint density at radius 1 is 1.33 bits per heavy atom. The van der Waals surface area contributed by atoms with Crippen LogP contribution in [0.5, 0.6) is 0 Å². The lowest BCUT2D eigenvalue weighted by atomic mass is 10.1. The van der Waals surface area contributed by atoms with E-state index in [9.17, 15) is 4.79 Å². The number of benzene rings is 1. The molecule has 0 heterocycles. The normalized spacial score (nSPS) is 14.6. The monoisotopic (exact) mass is 207 g/mol. The van der Waals surface area contributed by atoms with E-state index in [0.717, 1.165) is 0 Å². The number of rotatable bonds is 5. The molecule has 0 spiro atoms. The van der Waals surface area contributed by atoms with E-state index >= 15 is 0 Å². The summed E-state index contributed by atoms with van der Waals surface area (Å²) >= 11 is 0. The van der Waals surface area contributed by atoms with Gasteiger partial charge in [-0.05, 0) is 13.8 Å². The Bertz CT molecular complexity index is 311. The van der Waals surface area contributed by atoms with Gasteiger partial charge in [0.15, 0.2) is 5.78 Å². The van der Waals surface area contributed by atoms with Crippen LogP contribution in [0.3, 0.4) is 0 Å². The summed E-state index contributed by atoms with van der Waals surface area (Å²) in [5.41, 5.74) is 0.697. The maximum atomic E-state index is 11.9. The van der Waals surface area contributed by atoms with Gasteiger partial charge in [-0.2, -0.15) is 0 Å². The molecule has 0 amide bonds. The number of ketones is 1. The van der Waals surface area contributed by atoms with Crippen LogP contribution >= 0.6 is 0 Å². The molecule has 2 atom stereocenters. The van der Waals surface area contributed by atoms with E-state index in [4.69, 9.17) is 5.11 Å². The number of carbonyl (C=O) groups excluding carboxylic acids is 1. The third kappa shape index (κ3) is 3.46. The van der Waals surface area contributed by atoms with Crippen LogP contribution in [-0.2, 0) is 0 Å². The van der Waals surface area contributed by atoms with Gasteiger partial charge in [0.1, 0.15) is 0 Å². The van der Waals surface area contributed by atoms with Crippen LogP contribution in [0.25, 0.3) is 0 Å². The van der Waals surface area contributed by atoms with E-state index in [1.807, 2.05) is 32.0 Å². The molecule has 0 aromatic heterocycles.